The number of ether oxygens (including phenoxy) is 1. The lowest BCUT2D eigenvalue weighted by molar-refractivity contribution is -0.153. The van der Waals surface area contributed by atoms with Gasteiger partial charge in [0.05, 0.1) is 13.2 Å². The first-order valence-corrected chi connectivity index (χ1v) is 9.41. The molecule has 0 aliphatic rings. The summed E-state index contributed by atoms with van der Waals surface area (Å²) in [5.41, 5.74) is 0.972. The summed E-state index contributed by atoms with van der Waals surface area (Å²) in [6.45, 7) is 5.48. The van der Waals surface area contributed by atoms with Crippen molar-refractivity contribution < 1.29 is 29.3 Å². The molecule has 8 heteroatoms. The van der Waals surface area contributed by atoms with Crippen molar-refractivity contribution in [2.75, 3.05) is 19.7 Å². The number of esters is 1. The fraction of sp³-hybridized carbons (Fsp3) is 0.550. The van der Waals surface area contributed by atoms with Crippen LogP contribution >= 0.6 is 0 Å². The lowest BCUT2D eigenvalue weighted by atomic mass is 10.1. The molecule has 0 aliphatic heterocycles. The van der Waals surface area contributed by atoms with Gasteiger partial charge in [-0.15, -0.1) is 0 Å². The monoisotopic (exact) mass is 394 g/mol. The second-order valence-corrected chi connectivity index (χ2v) is 6.93. The summed E-state index contributed by atoms with van der Waals surface area (Å²) < 4.78 is 4.75. The average Bonchev–Trinajstić information content (AvgIpc) is 2.64. The molecule has 1 unspecified atom stereocenters. The highest BCUT2D eigenvalue weighted by molar-refractivity contribution is 5.83. The van der Waals surface area contributed by atoms with Gasteiger partial charge >= 0.3 is 18.0 Å². The predicted octanol–water partition coefficient (Wildman–Crippen LogP) is 1.66. The maximum atomic E-state index is 12.6. The van der Waals surface area contributed by atoms with Gasteiger partial charge in [-0.1, -0.05) is 44.2 Å². The number of benzene rings is 1. The minimum Gasteiger partial charge on any atom is -0.480 e. The molecule has 0 aliphatic carbocycles. The van der Waals surface area contributed by atoms with E-state index in [2.05, 4.69) is 5.32 Å². The van der Waals surface area contributed by atoms with Crippen LogP contribution < -0.4 is 5.32 Å². The fourth-order valence-corrected chi connectivity index (χ4v) is 2.66. The maximum Gasteiger partial charge on any atom is 0.336 e. The van der Waals surface area contributed by atoms with Crippen molar-refractivity contribution in [3.63, 3.8) is 0 Å². The molecular formula is C20H30N2O6. The number of hydrogen-bond acceptors (Lipinski definition) is 5. The molecule has 28 heavy (non-hydrogen) atoms. The summed E-state index contributed by atoms with van der Waals surface area (Å²) in [6, 6.07) is 7.66. The first kappa shape index (κ1) is 23.4. The van der Waals surface area contributed by atoms with Gasteiger partial charge in [-0.05, 0) is 31.2 Å². The highest BCUT2D eigenvalue weighted by Gasteiger charge is 2.27. The Morgan fingerprint density at radius 3 is 2.32 bits per heavy atom. The van der Waals surface area contributed by atoms with Gasteiger partial charge in [-0.3, -0.25) is 0 Å². The van der Waals surface area contributed by atoms with E-state index in [1.165, 1.54) is 4.90 Å². The number of nitrogens with zero attached hydrogens (tertiary/aromatic N) is 1. The number of aliphatic hydroxyl groups excluding tert-OH is 1. The minimum atomic E-state index is -1.49. The molecule has 1 aromatic carbocycles. The summed E-state index contributed by atoms with van der Waals surface area (Å²) in [4.78, 5) is 37.1. The normalized spacial score (nSPS) is 12.9. The Kier molecular flexibility index (Phi) is 10.0. The van der Waals surface area contributed by atoms with Gasteiger partial charge in [-0.25, -0.2) is 14.4 Å². The molecule has 3 N–H and O–H groups in total. The van der Waals surface area contributed by atoms with E-state index < -0.39 is 30.1 Å². The Morgan fingerprint density at radius 2 is 1.79 bits per heavy atom. The summed E-state index contributed by atoms with van der Waals surface area (Å²) in [5, 5.41) is 21.9. The second-order valence-electron chi connectivity index (χ2n) is 6.93. The Bertz CT molecular complexity index is 635. The molecule has 0 radical (unpaired) electrons. The van der Waals surface area contributed by atoms with Crippen molar-refractivity contribution in [2.24, 2.45) is 5.92 Å². The van der Waals surface area contributed by atoms with Crippen LogP contribution in [-0.2, 0) is 20.7 Å². The number of urea groups is 1. The standard InChI is InChI=1S/C20H30N2O6/c1-4-28-19(26)17(23)13-22(12-14(2)3)20(27)21-16(18(24)25)11-10-15-8-6-5-7-9-15/h5-9,14,16-17,23H,4,10-13H2,1-3H3,(H,21,27)(H,24,25)/t16-,17?/m0/s1. The van der Waals surface area contributed by atoms with Gasteiger partial charge in [0.1, 0.15) is 6.04 Å². The van der Waals surface area contributed by atoms with Gasteiger partial charge < -0.3 is 25.2 Å². The molecule has 1 rings (SSSR count). The molecular weight excluding hydrogens is 364 g/mol. The second kappa shape index (κ2) is 12.0. The smallest absolute Gasteiger partial charge is 0.336 e. The van der Waals surface area contributed by atoms with Gasteiger partial charge in [0.15, 0.2) is 6.10 Å². The highest BCUT2D eigenvalue weighted by atomic mass is 16.5. The molecule has 2 atom stereocenters. The van der Waals surface area contributed by atoms with Crippen LogP contribution in [0.15, 0.2) is 30.3 Å². The first-order chi connectivity index (χ1) is 13.2. The molecule has 0 bridgehead atoms. The van der Waals surface area contributed by atoms with Gasteiger partial charge in [0.25, 0.3) is 0 Å². The number of rotatable bonds is 11. The van der Waals surface area contributed by atoms with Crippen molar-refractivity contribution in [3.05, 3.63) is 35.9 Å². The number of carboxylic acids is 1. The number of carbonyl (C=O) groups is 3. The summed E-state index contributed by atoms with van der Waals surface area (Å²) in [6.07, 6.45) is -0.772. The molecule has 0 aromatic heterocycles. The molecule has 0 saturated carbocycles. The van der Waals surface area contributed by atoms with Crippen LogP contribution in [0.3, 0.4) is 0 Å². The van der Waals surface area contributed by atoms with E-state index in [0.717, 1.165) is 5.56 Å². The Morgan fingerprint density at radius 1 is 1.14 bits per heavy atom. The summed E-state index contributed by atoms with van der Waals surface area (Å²) in [7, 11) is 0. The lowest BCUT2D eigenvalue weighted by Crippen LogP contribution is -2.52. The largest absolute Gasteiger partial charge is 0.480 e. The van der Waals surface area contributed by atoms with Crippen LogP contribution in [0.1, 0.15) is 32.8 Å². The van der Waals surface area contributed by atoms with Crippen LogP contribution in [0.5, 0.6) is 0 Å². The number of amides is 2. The Balaban J connectivity index is 2.75. The average molecular weight is 394 g/mol. The molecule has 0 saturated heterocycles. The number of nitrogens with one attached hydrogen (secondary N) is 1. The third-order valence-corrected chi connectivity index (χ3v) is 3.99. The molecule has 1 aromatic rings. The van der Waals surface area contributed by atoms with E-state index in [9.17, 15) is 24.6 Å². The van der Waals surface area contributed by atoms with E-state index in [0.29, 0.717) is 6.42 Å². The molecule has 0 heterocycles. The third kappa shape index (κ3) is 8.39. The number of aliphatic hydroxyl groups is 1. The van der Waals surface area contributed by atoms with E-state index in [1.807, 2.05) is 44.2 Å². The zero-order chi connectivity index (χ0) is 21.1. The molecule has 0 spiro atoms. The van der Waals surface area contributed by atoms with E-state index in [4.69, 9.17) is 4.74 Å². The van der Waals surface area contributed by atoms with Crippen LogP contribution in [0.25, 0.3) is 0 Å². The van der Waals surface area contributed by atoms with Crippen molar-refractivity contribution in [3.8, 4) is 0 Å². The maximum absolute atomic E-state index is 12.6. The number of aryl methyl sites for hydroxylation is 1. The highest BCUT2D eigenvalue weighted by Crippen LogP contribution is 2.08. The fourth-order valence-electron chi connectivity index (χ4n) is 2.66. The topological polar surface area (TPSA) is 116 Å². The SMILES string of the molecule is CCOC(=O)C(O)CN(CC(C)C)C(=O)N[C@@H](CCc1ccccc1)C(=O)O. The van der Waals surface area contributed by atoms with Crippen LogP contribution in [0.2, 0.25) is 0 Å². The van der Waals surface area contributed by atoms with E-state index in [-0.39, 0.29) is 32.0 Å². The van der Waals surface area contributed by atoms with Crippen molar-refractivity contribution in [1.29, 1.82) is 0 Å². The molecule has 0 fully saturated rings. The molecule has 2 amide bonds. The first-order valence-electron chi connectivity index (χ1n) is 9.41. The van der Waals surface area contributed by atoms with Crippen LogP contribution in [0, 0.1) is 5.92 Å². The predicted molar refractivity (Wildman–Crippen MR) is 104 cm³/mol. The lowest BCUT2D eigenvalue weighted by Gasteiger charge is -2.28. The Hall–Kier alpha value is -2.61. The van der Waals surface area contributed by atoms with Crippen molar-refractivity contribution >= 4 is 18.0 Å². The number of carbonyl (C=O) groups excluding carboxylic acids is 2. The summed E-state index contributed by atoms with van der Waals surface area (Å²) >= 11 is 0. The van der Waals surface area contributed by atoms with Crippen molar-refractivity contribution in [1.82, 2.24) is 10.2 Å². The minimum absolute atomic E-state index is 0.0627. The van der Waals surface area contributed by atoms with E-state index in [1.54, 1.807) is 6.92 Å². The van der Waals surface area contributed by atoms with Crippen LogP contribution in [-0.4, -0.2) is 64.9 Å². The van der Waals surface area contributed by atoms with E-state index >= 15 is 0 Å². The Labute approximate surface area is 165 Å². The van der Waals surface area contributed by atoms with Crippen molar-refractivity contribution in [2.45, 2.75) is 45.8 Å². The third-order valence-electron chi connectivity index (χ3n) is 3.99. The van der Waals surface area contributed by atoms with Gasteiger partial charge in [-0.2, -0.15) is 0 Å². The quantitative estimate of drug-likeness (QED) is 0.492. The number of aliphatic carboxylic acids is 1. The number of hydrogen-bond donors (Lipinski definition) is 3. The van der Waals surface area contributed by atoms with Crippen LogP contribution in [0.4, 0.5) is 4.79 Å². The summed E-state index contributed by atoms with van der Waals surface area (Å²) in [5.74, 6) is -1.89. The zero-order valence-electron chi connectivity index (χ0n) is 16.6. The van der Waals surface area contributed by atoms with Gasteiger partial charge in [0, 0.05) is 6.54 Å². The molecule has 156 valence electrons. The number of carboxylic acid groups (broad SMARTS) is 1. The molecule has 8 nitrogen and oxygen atoms in total. The van der Waals surface area contributed by atoms with Gasteiger partial charge in [0.2, 0.25) is 0 Å². The zero-order valence-corrected chi connectivity index (χ0v) is 16.6.